The van der Waals surface area contributed by atoms with Crippen molar-refractivity contribution in [2.24, 2.45) is 5.41 Å². The second-order valence-corrected chi connectivity index (χ2v) is 6.45. The third-order valence-electron chi connectivity index (χ3n) is 4.04. The molecule has 2 radical (unpaired) electrons. The molecular formula is C20H28. The maximum absolute atomic E-state index is 5.44. The van der Waals surface area contributed by atoms with Crippen LogP contribution < -0.4 is 0 Å². The van der Waals surface area contributed by atoms with Gasteiger partial charge >= 0.3 is 0 Å². The van der Waals surface area contributed by atoms with Crippen LogP contribution in [-0.4, -0.2) is 0 Å². The average molecular weight is 268 g/mol. The first-order chi connectivity index (χ1) is 9.36. The fourth-order valence-corrected chi connectivity index (χ4v) is 2.69. The summed E-state index contributed by atoms with van der Waals surface area (Å²) >= 11 is 0. The lowest BCUT2D eigenvalue weighted by atomic mass is 9.72. The molecule has 0 heterocycles. The minimum Gasteiger partial charge on any atom is -0.0773 e. The molecule has 0 saturated carbocycles. The number of hydrogen-bond donors (Lipinski definition) is 0. The first-order valence-corrected chi connectivity index (χ1v) is 7.48. The van der Waals surface area contributed by atoms with Crippen LogP contribution in [0.1, 0.15) is 53.9 Å². The molecule has 1 rings (SSSR count). The molecule has 1 aliphatic rings. The van der Waals surface area contributed by atoms with Gasteiger partial charge in [-0.2, -0.15) is 0 Å². The lowest BCUT2D eigenvalue weighted by Crippen LogP contribution is -2.19. The highest BCUT2D eigenvalue weighted by Crippen LogP contribution is 2.40. The SMILES string of the molecule is [CH]C=C(C)/C=C\C=C(C)C=CC1=C(C)CCCC1(C)C. The Kier molecular flexibility index (Phi) is 6.26. The average Bonchev–Trinajstić information content (AvgIpc) is 2.37. The Labute approximate surface area is 125 Å². The molecule has 1 aliphatic carbocycles. The van der Waals surface area contributed by atoms with Crippen LogP contribution in [0.15, 0.2) is 58.7 Å². The van der Waals surface area contributed by atoms with Crippen molar-refractivity contribution >= 4 is 0 Å². The van der Waals surface area contributed by atoms with E-state index in [1.807, 2.05) is 19.1 Å². The third-order valence-corrected chi connectivity index (χ3v) is 4.04. The van der Waals surface area contributed by atoms with Crippen molar-refractivity contribution in [1.82, 2.24) is 0 Å². The van der Waals surface area contributed by atoms with Crippen LogP contribution >= 0.6 is 0 Å². The minimum atomic E-state index is 0.313. The van der Waals surface area contributed by atoms with Crippen LogP contribution in [0, 0.1) is 12.3 Å². The Hall–Kier alpha value is -1.30. The number of allylic oxidation sites excluding steroid dienone is 10. The van der Waals surface area contributed by atoms with Crippen LogP contribution in [0.2, 0.25) is 0 Å². The highest BCUT2D eigenvalue weighted by atomic mass is 14.3. The molecule has 0 bridgehead atoms. The van der Waals surface area contributed by atoms with Gasteiger partial charge in [0.05, 0.1) is 0 Å². The Morgan fingerprint density at radius 3 is 2.45 bits per heavy atom. The van der Waals surface area contributed by atoms with Gasteiger partial charge in [0.1, 0.15) is 0 Å². The van der Waals surface area contributed by atoms with Crippen molar-refractivity contribution in [3.63, 3.8) is 0 Å². The molecule has 0 atom stereocenters. The normalized spacial score (nSPS) is 21.3. The van der Waals surface area contributed by atoms with E-state index >= 15 is 0 Å². The first kappa shape index (κ1) is 16.8. The van der Waals surface area contributed by atoms with Crippen molar-refractivity contribution in [2.75, 3.05) is 0 Å². The monoisotopic (exact) mass is 268 g/mol. The summed E-state index contributed by atoms with van der Waals surface area (Å²) in [5, 5.41) is 0. The Balaban J connectivity index is 2.81. The standard InChI is InChI=1S/C20H28/c1-7-16(2)10-8-11-17(3)13-14-19-18(4)12-9-15-20(19,5)6/h1,7-8,10-11,13-14H,9,12,15H2,2-6H3/b10-8-,14-13?,16-7?,17-11?. The zero-order valence-electron chi connectivity index (χ0n) is 13.7. The Morgan fingerprint density at radius 2 is 1.85 bits per heavy atom. The molecule has 0 unspecified atom stereocenters. The van der Waals surface area contributed by atoms with Gasteiger partial charge in [0.2, 0.25) is 0 Å². The number of hydrogen-bond acceptors (Lipinski definition) is 0. The predicted molar refractivity (Wildman–Crippen MR) is 90.4 cm³/mol. The van der Waals surface area contributed by atoms with Crippen LogP contribution in [0.4, 0.5) is 0 Å². The van der Waals surface area contributed by atoms with Crippen molar-refractivity contribution in [3.05, 3.63) is 65.7 Å². The Morgan fingerprint density at radius 1 is 1.15 bits per heavy atom. The van der Waals surface area contributed by atoms with Crippen LogP contribution in [0.3, 0.4) is 0 Å². The largest absolute Gasteiger partial charge is 0.0773 e. The number of rotatable bonds is 4. The van der Waals surface area contributed by atoms with Crippen molar-refractivity contribution in [1.29, 1.82) is 0 Å². The molecule has 0 nitrogen and oxygen atoms in total. The lowest BCUT2D eigenvalue weighted by molar-refractivity contribution is 0.377. The van der Waals surface area contributed by atoms with E-state index in [1.165, 1.54) is 30.4 Å². The summed E-state index contributed by atoms with van der Waals surface area (Å²) in [4.78, 5) is 0. The van der Waals surface area contributed by atoms with Crippen LogP contribution in [0.25, 0.3) is 0 Å². The first-order valence-electron chi connectivity index (χ1n) is 7.48. The van der Waals surface area contributed by atoms with E-state index in [-0.39, 0.29) is 0 Å². The minimum absolute atomic E-state index is 0.313. The molecule has 0 aromatic rings. The molecule has 0 aliphatic heterocycles. The zero-order chi connectivity index (χ0) is 15.2. The molecule has 0 saturated heterocycles. The van der Waals surface area contributed by atoms with Gasteiger partial charge in [-0.25, -0.2) is 0 Å². The quantitative estimate of drug-likeness (QED) is 0.530. The van der Waals surface area contributed by atoms with E-state index in [2.05, 4.69) is 45.9 Å². The molecule has 0 aromatic heterocycles. The fourth-order valence-electron chi connectivity index (χ4n) is 2.69. The van der Waals surface area contributed by atoms with E-state index in [1.54, 1.807) is 11.6 Å². The fraction of sp³-hybridized carbons (Fsp3) is 0.450. The van der Waals surface area contributed by atoms with Gasteiger partial charge in [-0.1, -0.05) is 67.0 Å². The predicted octanol–water partition coefficient (Wildman–Crippen LogP) is 6.23. The molecule has 108 valence electrons. The maximum Gasteiger partial charge on any atom is -0.00897 e. The molecule has 0 fully saturated rings. The van der Waals surface area contributed by atoms with Gasteiger partial charge < -0.3 is 0 Å². The van der Waals surface area contributed by atoms with Crippen molar-refractivity contribution < 1.29 is 0 Å². The highest BCUT2D eigenvalue weighted by Gasteiger charge is 2.26. The molecule has 0 N–H and O–H groups in total. The van der Waals surface area contributed by atoms with Gasteiger partial charge in [-0.3, -0.25) is 0 Å². The van der Waals surface area contributed by atoms with E-state index in [9.17, 15) is 0 Å². The van der Waals surface area contributed by atoms with E-state index < -0.39 is 0 Å². The summed E-state index contributed by atoms with van der Waals surface area (Å²) in [5.41, 5.74) is 5.70. The molecule has 0 amide bonds. The molecule has 0 heteroatoms. The van der Waals surface area contributed by atoms with Gasteiger partial charge in [-0.15, -0.1) is 0 Å². The summed E-state index contributed by atoms with van der Waals surface area (Å²) < 4.78 is 0. The summed E-state index contributed by atoms with van der Waals surface area (Å²) in [6.07, 6.45) is 16.2. The summed E-state index contributed by atoms with van der Waals surface area (Å²) in [6, 6.07) is 0. The van der Waals surface area contributed by atoms with E-state index in [0.717, 1.165) is 5.57 Å². The topological polar surface area (TPSA) is 0 Å². The van der Waals surface area contributed by atoms with E-state index in [0.29, 0.717) is 5.41 Å². The summed E-state index contributed by atoms with van der Waals surface area (Å²) in [5.74, 6) is 0. The second-order valence-electron chi connectivity index (χ2n) is 6.45. The smallest absolute Gasteiger partial charge is 0.00897 e. The van der Waals surface area contributed by atoms with Crippen molar-refractivity contribution in [2.45, 2.75) is 53.9 Å². The third kappa shape index (κ3) is 5.00. The van der Waals surface area contributed by atoms with Gasteiger partial charge in [0.15, 0.2) is 0 Å². The molecular weight excluding hydrogens is 240 g/mol. The molecule has 0 aromatic carbocycles. The lowest BCUT2D eigenvalue weighted by Gasteiger charge is -2.32. The second kappa shape index (κ2) is 7.47. The van der Waals surface area contributed by atoms with Crippen LogP contribution in [0.5, 0.6) is 0 Å². The summed E-state index contributed by atoms with van der Waals surface area (Å²) in [7, 11) is 0. The van der Waals surface area contributed by atoms with Crippen LogP contribution in [-0.2, 0) is 0 Å². The summed E-state index contributed by atoms with van der Waals surface area (Å²) in [6.45, 7) is 16.5. The Bertz CT molecular complexity index is 476. The maximum atomic E-state index is 5.44. The highest BCUT2D eigenvalue weighted by molar-refractivity contribution is 5.37. The molecule has 20 heavy (non-hydrogen) atoms. The van der Waals surface area contributed by atoms with E-state index in [4.69, 9.17) is 6.92 Å². The van der Waals surface area contributed by atoms with Gasteiger partial charge in [-0.05, 0) is 57.9 Å². The zero-order valence-corrected chi connectivity index (χ0v) is 13.7. The van der Waals surface area contributed by atoms with Gasteiger partial charge in [0, 0.05) is 0 Å². The van der Waals surface area contributed by atoms with Gasteiger partial charge in [0.25, 0.3) is 0 Å². The molecule has 0 spiro atoms. The van der Waals surface area contributed by atoms with Crippen molar-refractivity contribution in [3.8, 4) is 0 Å².